The smallest absolute Gasteiger partial charge is 0.164 e. The lowest BCUT2D eigenvalue weighted by atomic mass is 9.99. The molecular weight excluding hydrogens is 518 g/mol. The minimum atomic E-state index is 0.661. The number of aromatic nitrogens is 3. The van der Waals surface area contributed by atoms with Crippen molar-refractivity contribution in [3.63, 3.8) is 0 Å². The summed E-state index contributed by atoms with van der Waals surface area (Å²) in [5.41, 5.74) is 5.29. The molecule has 0 fully saturated rings. The first-order valence-corrected chi connectivity index (χ1v) is 14.4. The van der Waals surface area contributed by atoms with E-state index in [1.165, 1.54) is 36.5 Å². The molecule has 0 aliphatic heterocycles. The van der Waals surface area contributed by atoms with Crippen molar-refractivity contribution in [2.24, 2.45) is 0 Å². The fourth-order valence-corrected chi connectivity index (χ4v) is 6.78. The van der Waals surface area contributed by atoms with Crippen molar-refractivity contribution in [1.82, 2.24) is 15.0 Å². The minimum Gasteiger partial charge on any atom is -0.208 e. The summed E-state index contributed by atoms with van der Waals surface area (Å²) in [4.78, 5) is 15.2. The van der Waals surface area contributed by atoms with Gasteiger partial charge in [0.2, 0.25) is 0 Å². The van der Waals surface area contributed by atoms with Gasteiger partial charge in [0, 0.05) is 36.9 Å². The number of hydrogen-bond donors (Lipinski definition) is 0. The first-order chi connectivity index (χ1) is 20.3. The molecule has 0 bridgehead atoms. The summed E-state index contributed by atoms with van der Waals surface area (Å²) in [5.74, 6) is 2.01. The Labute approximate surface area is 241 Å². The van der Waals surface area contributed by atoms with Gasteiger partial charge in [-0.3, -0.25) is 0 Å². The van der Waals surface area contributed by atoms with Crippen molar-refractivity contribution in [3.05, 3.63) is 140 Å². The zero-order chi connectivity index (χ0) is 27.2. The van der Waals surface area contributed by atoms with Crippen LogP contribution in [0.3, 0.4) is 0 Å². The number of hydrogen-bond acceptors (Lipinski definition) is 4. The molecule has 0 amide bonds. The highest BCUT2D eigenvalue weighted by Gasteiger charge is 2.19. The van der Waals surface area contributed by atoms with Crippen LogP contribution in [0.5, 0.6) is 0 Å². The van der Waals surface area contributed by atoms with Crippen LogP contribution in [0.25, 0.3) is 76.2 Å². The highest BCUT2D eigenvalue weighted by molar-refractivity contribution is 7.26. The van der Waals surface area contributed by atoms with E-state index in [1.54, 1.807) is 0 Å². The largest absolute Gasteiger partial charge is 0.208 e. The zero-order valence-corrected chi connectivity index (χ0v) is 22.8. The molecule has 192 valence electrons. The van der Waals surface area contributed by atoms with E-state index in [-0.39, 0.29) is 0 Å². The molecule has 0 aliphatic rings. The van der Waals surface area contributed by atoms with Crippen LogP contribution in [0.4, 0.5) is 0 Å². The molecule has 0 N–H and O–H groups in total. The van der Waals surface area contributed by atoms with Gasteiger partial charge in [-0.25, -0.2) is 15.0 Å². The molecule has 8 rings (SSSR count). The van der Waals surface area contributed by atoms with Crippen molar-refractivity contribution >= 4 is 42.3 Å². The Morgan fingerprint density at radius 1 is 0.415 bits per heavy atom. The molecule has 0 saturated carbocycles. The summed E-state index contributed by atoms with van der Waals surface area (Å²) in [5, 5.41) is 4.85. The van der Waals surface area contributed by atoms with Crippen molar-refractivity contribution in [2.75, 3.05) is 0 Å². The molecule has 0 radical (unpaired) electrons. The maximum Gasteiger partial charge on any atom is 0.164 e. The van der Waals surface area contributed by atoms with Crippen molar-refractivity contribution in [3.8, 4) is 45.3 Å². The van der Waals surface area contributed by atoms with Gasteiger partial charge in [0.15, 0.2) is 17.5 Å². The SMILES string of the molecule is c1ccc(-c2ccc(-c3nc(-c4ccccc4)nc(-c4cc5ccccc5c5sc6ccccc6c45)n3)cc2)cc1. The van der Waals surface area contributed by atoms with Gasteiger partial charge in [-0.05, 0) is 34.0 Å². The van der Waals surface area contributed by atoms with Crippen LogP contribution in [-0.2, 0) is 0 Å². The number of fused-ring (bicyclic) bond motifs is 5. The lowest BCUT2D eigenvalue weighted by molar-refractivity contribution is 1.08. The molecule has 2 heterocycles. The molecule has 2 aromatic heterocycles. The van der Waals surface area contributed by atoms with Crippen LogP contribution in [0.2, 0.25) is 0 Å². The van der Waals surface area contributed by atoms with Crippen LogP contribution < -0.4 is 0 Å². The maximum absolute atomic E-state index is 5.13. The van der Waals surface area contributed by atoms with Gasteiger partial charge in [0.1, 0.15) is 0 Å². The standard InChI is InChI=1S/C37H23N3S/c1-3-11-24(12-4-1)25-19-21-27(22-20-25)36-38-35(26-13-5-2-6-14-26)39-37(40-36)31-23-28-15-7-8-16-29(28)34-33(31)30-17-9-10-18-32(30)41-34/h1-23H. The Bertz CT molecular complexity index is 2180. The summed E-state index contributed by atoms with van der Waals surface area (Å²) < 4.78 is 2.52. The molecule has 4 heteroatoms. The normalized spacial score (nSPS) is 11.4. The third-order valence-electron chi connectivity index (χ3n) is 7.53. The van der Waals surface area contributed by atoms with E-state index in [1.807, 2.05) is 35.6 Å². The molecular formula is C37H23N3S. The first-order valence-electron chi connectivity index (χ1n) is 13.6. The second-order valence-corrected chi connectivity index (χ2v) is 11.1. The molecule has 0 saturated heterocycles. The molecule has 0 spiro atoms. The quantitative estimate of drug-likeness (QED) is 0.222. The average Bonchev–Trinajstić information content (AvgIpc) is 3.45. The topological polar surface area (TPSA) is 38.7 Å². The molecule has 0 aliphatic carbocycles. The van der Waals surface area contributed by atoms with Gasteiger partial charge in [-0.1, -0.05) is 127 Å². The Kier molecular flexibility index (Phi) is 5.64. The van der Waals surface area contributed by atoms with Crippen LogP contribution >= 0.6 is 11.3 Å². The Hall–Kier alpha value is -5.19. The van der Waals surface area contributed by atoms with Gasteiger partial charge < -0.3 is 0 Å². The molecule has 0 atom stereocenters. The second-order valence-electron chi connectivity index (χ2n) is 10.1. The third kappa shape index (κ3) is 4.17. The Morgan fingerprint density at radius 3 is 1.66 bits per heavy atom. The van der Waals surface area contributed by atoms with E-state index in [4.69, 9.17) is 15.0 Å². The second kappa shape index (κ2) is 9.77. The first kappa shape index (κ1) is 23.7. The van der Waals surface area contributed by atoms with Gasteiger partial charge >= 0.3 is 0 Å². The highest BCUT2D eigenvalue weighted by Crippen LogP contribution is 2.43. The van der Waals surface area contributed by atoms with Gasteiger partial charge in [-0.15, -0.1) is 11.3 Å². The fraction of sp³-hybridized carbons (Fsp3) is 0. The number of rotatable bonds is 4. The van der Waals surface area contributed by atoms with E-state index in [2.05, 4.69) is 115 Å². The van der Waals surface area contributed by atoms with Crippen molar-refractivity contribution in [1.29, 1.82) is 0 Å². The number of benzene rings is 6. The Balaban J connectivity index is 1.38. The fourth-order valence-electron chi connectivity index (χ4n) is 5.52. The molecule has 3 nitrogen and oxygen atoms in total. The van der Waals surface area contributed by atoms with Crippen molar-refractivity contribution < 1.29 is 0 Å². The van der Waals surface area contributed by atoms with E-state index in [0.29, 0.717) is 17.5 Å². The lowest BCUT2D eigenvalue weighted by Crippen LogP contribution is -2.00. The summed E-state index contributed by atoms with van der Waals surface area (Å²) in [6.45, 7) is 0. The third-order valence-corrected chi connectivity index (χ3v) is 8.73. The molecule has 8 aromatic rings. The summed E-state index contributed by atoms with van der Waals surface area (Å²) in [6, 6.07) is 48.5. The minimum absolute atomic E-state index is 0.661. The van der Waals surface area contributed by atoms with E-state index < -0.39 is 0 Å². The number of thiophene rings is 1. The summed E-state index contributed by atoms with van der Waals surface area (Å²) in [7, 11) is 0. The predicted octanol–water partition coefficient (Wildman–Crippen LogP) is 10.1. The van der Waals surface area contributed by atoms with Crippen molar-refractivity contribution in [2.45, 2.75) is 0 Å². The van der Waals surface area contributed by atoms with E-state index in [9.17, 15) is 0 Å². The Morgan fingerprint density at radius 2 is 0.927 bits per heavy atom. The molecule has 6 aromatic carbocycles. The maximum atomic E-state index is 5.13. The summed E-state index contributed by atoms with van der Waals surface area (Å²) in [6.07, 6.45) is 0. The van der Waals surface area contributed by atoms with Crippen LogP contribution in [0.1, 0.15) is 0 Å². The molecule has 0 unspecified atom stereocenters. The lowest BCUT2D eigenvalue weighted by Gasteiger charge is -2.11. The predicted molar refractivity (Wildman–Crippen MR) is 172 cm³/mol. The van der Waals surface area contributed by atoms with Gasteiger partial charge in [-0.2, -0.15) is 0 Å². The van der Waals surface area contributed by atoms with Crippen LogP contribution in [0, 0.1) is 0 Å². The number of nitrogens with zero attached hydrogens (tertiary/aromatic N) is 3. The molecule has 41 heavy (non-hydrogen) atoms. The monoisotopic (exact) mass is 541 g/mol. The average molecular weight is 542 g/mol. The van der Waals surface area contributed by atoms with E-state index >= 15 is 0 Å². The van der Waals surface area contributed by atoms with Crippen LogP contribution in [-0.4, -0.2) is 15.0 Å². The zero-order valence-electron chi connectivity index (χ0n) is 22.0. The van der Waals surface area contributed by atoms with Crippen LogP contribution in [0.15, 0.2) is 140 Å². The van der Waals surface area contributed by atoms with Gasteiger partial charge in [0.25, 0.3) is 0 Å². The highest BCUT2D eigenvalue weighted by atomic mass is 32.1. The van der Waals surface area contributed by atoms with Gasteiger partial charge in [0.05, 0.1) is 0 Å². The van der Waals surface area contributed by atoms with E-state index in [0.717, 1.165) is 22.3 Å². The summed E-state index contributed by atoms with van der Waals surface area (Å²) >= 11 is 1.83.